The minimum absolute atomic E-state index is 0.114. The van der Waals surface area contributed by atoms with Crippen molar-refractivity contribution in [2.24, 2.45) is 0 Å². The standard InChI is InChI=1S/C19H22N6O/c1-2-14-7-3-4-8-16(14)23-17(26)12-25-19-15(11-22-25)18(20-13-21-19)24-9-5-6-10-24/h3-4,7-8,11,13H,2,5-6,9-10,12H2,1H3,(H,23,26). The van der Waals surface area contributed by atoms with Gasteiger partial charge in [-0.05, 0) is 30.9 Å². The summed E-state index contributed by atoms with van der Waals surface area (Å²) in [5.41, 5.74) is 2.66. The predicted octanol–water partition coefficient (Wildman–Crippen LogP) is 2.63. The van der Waals surface area contributed by atoms with E-state index in [1.54, 1.807) is 17.2 Å². The van der Waals surface area contributed by atoms with Gasteiger partial charge in [-0.25, -0.2) is 14.6 Å². The smallest absolute Gasteiger partial charge is 0.246 e. The number of nitrogens with one attached hydrogen (secondary N) is 1. The molecule has 0 aliphatic carbocycles. The summed E-state index contributed by atoms with van der Waals surface area (Å²) in [6, 6.07) is 7.85. The average molecular weight is 350 g/mol. The van der Waals surface area contributed by atoms with Gasteiger partial charge in [-0.2, -0.15) is 5.10 Å². The van der Waals surface area contributed by atoms with Crippen molar-refractivity contribution in [3.8, 4) is 0 Å². The number of fused-ring (bicyclic) bond motifs is 1. The van der Waals surface area contributed by atoms with Gasteiger partial charge in [-0.3, -0.25) is 4.79 Å². The van der Waals surface area contributed by atoms with Crippen LogP contribution in [0.3, 0.4) is 0 Å². The summed E-state index contributed by atoms with van der Waals surface area (Å²) in [4.78, 5) is 23.5. The summed E-state index contributed by atoms with van der Waals surface area (Å²) < 4.78 is 1.64. The molecule has 1 fully saturated rings. The zero-order chi connectivity index (χ0) is 17.9. The molecule has 1 aliphatic heterocycles. The number of rotatable bonds is 5. The molecule has 0 radical (unpaired) electrons. The maximum Gasteiger partial charge on any atom is 0.246 e. The minimum Gasteiger partial charge on any atom is -0.356 e. The molecule has 3 aromatic rings. The third-order valence-electron chi connectivity index (χ3n) is 4.78. The maximum atomic E-state index is 12.5. The molecule has 3 heterocycles. The van der Waals surface area contributed by atoms with Crippen LogP contribution in [0, 0.1) is 0 Å². The van der Waals surface area contributed by atoms with E-state index >= 15 is 0 Å². The summed E-state index contributed by atoms with van der Waals surface area (Å²) >= 11 is 0. The Kier molecular flexibility index (Phi) is 4.51. The van der Waals surface area contributed by atoms with E-state index < -0.39 is 0 Å². The number of hydrogen-bond donors (Lipinski definition) is 1. The summed E-state index contributed by atoms with van der Waals surface area (Å²) in [6.07, 6.45) is 6.54. The normalized spacial score (nSPS) is 14.1. The molecule has 1 aromatic carbocycles. The van der Waals surface area contributed by atoms with Crippen molar-refractivity contribution in [3.63, 3.8) is 0 Å². The number of carbonyl (C=O) groups excluding carboxylic acids is 1. The summed E-state index contributed by atoms with van der Waals surface area (Å²) in [7, 11) is 0. The zero-order valence-corrected chi connectivity index (χ0v) is 14.9. The molecule has 0 unspecified atom stereocenters. The second kappa shape index (κ2) is 7.11. The van der Waals surface area contributed by atoms with Gasteiger partial charge in [0.25, 0.3) is 0 Å². The molecule has 4 rings (SSSR count). The van der Waals surface area contributed by atoms with Crippen molar-refractivity contribution >= 4 is 28.4 Å². The Morgan fingerprint density at radius 2 is 2.00 bits per heavy atom. The van der Waals surface area contributed by atoms with Crippen LogP contribution in [0.15, 0.2) is 36.8 Å². The van der Waals surface area contributed by atoms with Crippen molar-refractivity contribution in [3.05, 3.63) is 42.4 Å². The Hall–Kier alpha value is -2.96. The van der Waals surface area contributed by atoms with Gasteiger partial charge in [0.15, 0.2) is 5.65 Å². The summed E-state index contributed by atoms with van der Waals surface area (Å²) in [5, 5.41) is 8.26. The van der Waals surface area contributed by atoms with Crippen LogP contribution in [0.1, 0.15) is 25.3 Å². The van der Waals surface area contributed by atoms with Gasteiger partial charge in [0.1, 0.15) is 18.7 Å². The molecule has 0 atom stereocenters. The van der Waals surface area contributed by atoms with Crippen LogP contribution in [0.5, 0.6) is 0 Å². The van der Waals surface area contributed by atoms with Gasteiger partial charge in [-0.1, -0.05) is 25.1 Å². The van der Waals surface area contributed by atoms with Crippen LogP contribution in [-0.4, -0.2) is 38.7 Å². The van der Waals surface area contributed by atoms with E-state index in [-0.39, 0.29) is 12.5 Å². The Balaban J connectivity index is 1.56. The fraction of sp³-hybridized carbons (Fsp3) is 0.368. The van der Waals surface area contributed by atoms with Gasteiger partial charge in [0.2, 0.25) is 5.91 Å². The Morgan fingerprint density at radius 1 is 1.19 bits per heavy atom. The molecule has 2 aromatic heterocycles. The monoisotopic (exact) mass is 350 g/mol. The highest BCUT2D eigenvalue weighted by Gasteiger charge is 2.19. The highest BCUT2D eigenvalue weighted by atomic mass is 16.2. The molecule has 26 heavy (non-hydrogen) atoms. The molecule has 1 amide bonds. The van der Waals surface area contributed by atoms with Crippen LogP contribution in [0.4, 0.5) is 11.5 Å². The van der Waals surface area contributed by atoms with Gasteiger partial charge in [0.05, 0.1) is 11.6 Å². The van der Waals surface area contributed by atoms with Gasteiger partial charge >= 0.3 is 0 Å². The van der Waals surface area contributed by atoms with Crippen LogP contribution in [0.2, 0.25) is 0 Å². The lowest BCUT2D eigenvalue weighted by Crippen LogP contribution is -2.21. The van der Waals surface area contributed by atoms with Gasteiger partial charge in [0, 0.05) is 18.8 Å². The number of aromatic nitrogens is 4. The first-order chi connectivity index (χ1) is 12.8. The number of aryl methyl sites for hydroxylation is 1. The van der Waals surface area contributed by atoms with Crippen molar-refractivity contribution < 1.29 is 4.79 Å². The molecule has 0 bridgehead atoms. The van der Waals surface area contributed by atoms with Gasteiger partial charge in [-0.15, -0.1) is 0 Å². The van der Waals surface area contributed by atoms with E-state index in [1.807, 2.05) is 24.3 Å². The number of carbonyl (C=O) groups is 1. The molecular formula is C19H22N6O. The quantitative estimate of drug-likeness (QED) is 0.765. The van der Waals surface area contributed by atoms with E-state index in [9.17, 15) is 4.79 Å². The van der Waals surface area contributed by atoms with Crippen molar-refractivity contribution in [1.29, 1.82) is 0 Å². The number of hydrogen-bond acceptors (Lipinski definition) is 5. The topological polar surface area (TPSA) is 75.9 Å². The summed E-state index contributed by atoms with van der Waals surface area (Å²) in [6.45, 7) is 4.21. The Bertz CT molecular complexity index is 929. The van der Waals surface area contributed by atoms with Crippen LogP contribution >= 0.6 is 0 Å². The second-order valence-electron chi connectivity index (χ2n) is 6.49. The Morgan fingerprint density at radius 3 is 2.81 bits per heavy atom. The van der Waals surface area contributed by atoms with Crippen LogP contribution < -0.4 is 10.2 Å². The van der Waals surface area contributed by atoms with Gasteiger partial charge < -0.3 is 10.2 Å². The van der Waals surface area contributed by atoms with E-state index in [0.717, 1.165) is 42.0 Å². The molecule has 134 valence electrons. The van der Waals surface area contributed by atoms with E-state index in [1.165, 1.54) is 12.8 Å². The minimum atomic E-state index is -0.114. The van der Waals surface area contributed by atoms with E-state index in [2.05, 4.69) is 32.2 Å². The lowest BCUT2D eigenvalue weighted by atomic mass is 10.1. The van der Waals surface area contributed by atoms with Crippen LogP contribution in [-0.2, 0) is 17.8 Å². The molecule has 0 saturated carbocycles. The number of amides is 1. The lowest BCUT2D eigenvalue weighted by Gasteiger charge is -2.16. The largest absolute Gasteiger partial charge is 0.356 e. The molecule has 1 N–H and O–H groups in total. The molecular weight excluding hydrogens is 328 g/mol. The molecule has 1 aliphatic rings. The highest BCUT2D eigenvalue weighted by molar-refractivity contribution is 5.93. The maximum absolute atomic E-state index is 12.5. The van der Waals surface area contributed by atoms with Crippen molar-refractivity contribution in [2.45, 2.75) is 32.7 Å². The second-order valence-corrected chi connectivity index (χ2v) is 6.49. The molecule has 1 saturated heterocycles. The van der Waals surface area contributed by atoms with Crippen molar-refractivity contribution in [1.82, 2.24) is 19.7 Å². The average Bonchev–Trinajstić information content (AvgIpc) is 3.32. The fourth-order valence-electron chi connectivity index (χ4n) is 3.45. The van der Waals surface area contributed by atoms with Crippen LogP contribution in [0.25, 0.3) is 11.0 Å². The lowest BCUT2D eigenvalue weighted by molar-refractivity contribution is -0.116. The first-order valence-electron chi connectivity index (χ1n) is 9.05. The fourth-order valence-corrected chi connectivity index (χ4v) is 3.45. The highest BCUT2D eigenvalue weighted by Crippen LogP contribution is 2.25. The molecule has 7 nitrogen and oxygen atoms in total. The number of para-hydroxylation sites is 1. The van der Waals surface area contributed by atoms with Crippen molar-refractivity contribution in [2.75, 3.05) is 23.3 Å². The third kappa shape index (κ3) is 3.12. The zero-order valence-electron chi connectivity index (χ0n) is 14.9. The predicted molar refractivity (Wildman–Crippen MR) is 101 cm³/mol. The molecule has 0 spiro atoms. The molecule has 7 heteroatoms. The third-order valence-corrected chi connectivity index (χ3v) is 4.78. The van der Waals surface area contributed by atoms with E-state index in [0.29, 0.717) is 5.65 Å². The SMILES string of the molecule is CCc1ccccc1NC(=O)Cn1ncc2c(N3CCCC3)ncnc21. The first kappa shape index (κ1) is 16.5. The summed E-state index contributed by atoms with van der Waals surface area (Å²) in [5.74, 6) is 0.799. The number of benzene rings is 1. The first-order valence-corrected chi connectivity index (χ1v) is 9.05. The van der Waals surface area contributed by atoms with E-state index in [4.69, 9.17) is 0 Å². The number of nitrogens with zero attached hydrogens (tertiary/aromatic N) is 5. The Labute approximate surface area is 152 Å². The number of anilines is 2.